The molecule has 1 aliphatic rings. The molecule has 0 spiro atoms. The van der Waals surface area contributed by atoms with Gasteiger partial charge in [0.15, 0.2) is 10.8 Å². The van der Waals surface area contributed by atoms with Gasteiger partial charge in [0, 0.05) is 31.2 Å². The summed E-state index contributed by atoms with van der Waals surface area (Å²) in [4.78, 5) is 15.4. The molecule has 23 heavy (non-hydrogen) atoms. The van der Waals surface area contributed by atoms with E-state index in [2.05, 4.69) is 25.3 Å². The molecule has 1 fully saturated rings. The van der Waals surface area contributed by atoms with Crippen LogP contribution in [0.25, 0.3) is 11.5 Å². The fourth-order valence-corrected chi connectivity index (χ4v) is 2.83. The smallest absolute Gasteiger partial charge is 0.296 e. The van der Waals surface area contributed by atoms with Gasteiger partial charge in [-0.05, 0) is 0 Å². The normalized spacial score (nSPS) is 17.8. The molecule has 3 rings (SSSR count). The molecule has 1 aliphatic carbocycles. The van der Waals surface area contributed by atoms with E-state index >= 15 is 0 Å². The summed E-state index contributed by atoms with van der Waals surface area (Å²) < 4.78 is 52.1. The van der Waals surface area contributed by atoms with Gasteiger partial charge in [0.25, 0.3) is 11.8 Å². The maximum Gasteiger partial charge on any atom is 0.296 e. The summed E-state index contributed by atoms with van der Waals surface area (Å²) in [6.45, 7) is 0.737. The molecule has 6 nitrogen and oxygen atoms in total. The molecule has 3 N–H and O–H groups in total. The van der Waals surface area contributed by atoms with E-state index < -0.39 is 17.9 Å². The average molecular weight is 348 g/mol. The Balaban J connectivity index is 1.82. The van der Waals surface area contributed by atoms with Crippen LogP contribution in [0.3, 0.4) is 0 Å². The van der Waals surface area contributed by atoms with Crippen LogP contribution in [0.2, 0.25) is 0 Å². The van der Waals surface area contributed by atoms with Crippen molar-refractivity contribution in [2.45, 2.75) is 37.7 Å². The van der Waals surface area contributed by atoms with Crippen LogP contribution in [0.5, 0.6) is 0 Å². The van der Waals surface area contributed by atoms with Crippen molar-refractivity contribution in [3.8, 4) is 11.5 Å². The van der Waals surface area contributed by atoms with Crippen LogP contribution in [0.15, 0.2) is 5.38 Å². The number of nitrogens with two attached hydrogens (primary N) is 1. The van der Waals surface area contributed by atoms with Gasteiger partial charge in [0.1, 0.15) is 5.69 Å². The lowest BCUT2D eigenvalue weighted by Gasteiger charge is -2.35. The third-order valence-electron chi connectivity index (χ3n) is 3.18. The van der Waals surface area contributed by atoms with Gasteiger partial charge in [-0.2, -0.15) is 23.7 Å². The molecule has 2 aromatic rings. The minimum Gasteiger partial charge on any atom is -0.368 e. The Bertz CT molecular complexity index is 721. The molecule has 0 unspecified atom stereocenters. The molecule has 0 aromatic carbocycles. The zero-order valence-electron chi connectivity index (χ0n) is 11.9. The summed E-state index contributed by atoms with van der Waals surface area (Å²) in [6.07, 6.45) is -0.645. The largest absolute Gasteiger partial charge is 0.368 e. The Morgan fingerprint density at radius 3 is 2.52 bits per heavy atom. The van der Waals surface area contributed by atoms with Crippen LogP contribution >= 0.6 is 11.3 Å². The second-order valence-electron chi connectivity index (χ2n) is 5.37. The number of rotatable bonds is 4. The number of nitrogens with zero attached hydrogens (tertiary/aromatic N) is 4. The van der Waals surface area contributed by atoms with Gasteiger partial charge in [-0.1, -0.05) is 0 Å². The highest BCUT2D eigenvalue weighted by Gasteiger charge is 2.45. The second kappa shape index (κ2) is 5.25. The molecule has 0 bridgehead atoms. The van der Waals surface area contributed by atoms with E-state index in [9.17, 15) is 17.6 Å². The first-order chi connectivity index (χ1) is 10.6. The third-order valence-corrected chi connectivity index (χ3v) is 4.20. The number of thiazole rings is 1. The van der Waals surface area contributed by atoms with Gasteiger partial charge in [-0.3, -0.25) is 0 Å². The number of hydrogen-bond donors (Lipinski definition) is 2. The van der Waals surface area contributed by atoms with Crippen LogP contribution in [-0.2, 0) is 5.92 Å². The van der Waals surface area contributed by atoms with Crippen LogP contribution in [0.4, 0.5) is 29.5 Å². The predicted molar refractivity (Wildman–Crippen MR) is 76.5 cm³/mol. The lowest BCUT2D eigenvalue weighted by atomic mass is 9.88. The minimum absolute atomic E-state index is 0.0119. The third kappa shape index (κ3) is 3.49. The van der Waals surface area contributed by atoms with E-state index in [-0.39, 0.29) is 41.3 Å². The maximum absolute atomic E-state index is 13.2. The number of anilines is 2. The Kier molecular flexibility index (Phi) is 3.62. The molecule has 1 saturated carbocycles. The quantitative estimate of drug-likeness (QED) is 0.826. The number of nitrogens with one attached hydrogen (secondary N) is 1. The van der Waals surface area contributed by atoms with Crippen molar-refractivity contribution >= 4 is 23.2 Å². The molecule has 2 heterocycles. The van der Waals surface area contributed by atoms with Crippen LogP contribution in [0.1, 0.15) is 24.8 Å². The van der Waals surface area contributed by atoms with Crippen molar-refractivity contribution in [1.29, 1.82) is 0 Å². The first-order valence-corrected chi connectivity index (χ1v) is 7.50. The summed E-state index contributed by atoms with van der Waals surface area (Å²) >= 11 is 0.770. The maximum atomic E-state index is 13.2. The highest BCUT2D eigenvalue weighted by atomic mass is 32.1. The molecule has 11 heteroatoms. The van der Waals surface area contributed by atoms with Crippen molar-refractivity contribution in [1.82, 2.24) is 19.9 Å². The van der Waals surface area contributed by atoms with Crippen LogP contribution in [0, 0.1) is 0 Å². The zero-order chi connectivity index (χ0) is 16.8. The molecule has 124 valence electrons. The van der Waals surface area contributed by atoms with E-state index in [0.29, 0.717) is 0 Å². The van der Waals surface area contributed by atoms with E-state index in [1.54, 1.807) is 0 Å². The Morgan fingerprint density at radius 1 is 1.26 bits per heavy atom. The molecule has 0 aliphatic heterocycles. The van der Waals surface area contributed by atoms with E-state index in [1.165, 1.54) is 5.38 Å². The highest BCUT2D eigenvalue weighted by Crippen LogP contribution is 2.39. The standard InChI is InChI=1S/C12H12F4N6S/c1-11(13,14)8-19-6(4-23-8)7-20-9(17)22-10(21-7)18-5-2-12(15,16)3-5/h4-5H,2-3H2,1H3,(H3,17,18,20,21,22). The summed E-state index contributed by atoms with van der Waals surface area (Å²) in [5, 5.41) is 3.73. The SMILES string of the molecule is CC(F)(F)c1nc(-c2nc(N)nc(NC3CC(F)(F)C3)n2)cs1. The Morgan fingerprint density at radius 2 is 1.96 bits per heavy atom. The number of halogens is 4. The van der Waals surface area contributed by atoms with Crippen LogP contribution < -0.4 is 11.1 Å². The molecular weight excluding hydrogens is 336 g/mol. The van der Waals surface area contributed by atoms with E-state index in [1.807, 2.05) is 0 Å². The number of nitrogen functional groups attached to an aromatic ring is 1. The molecule has 2 aromatic heterocycles. The van der Waals surface area contributed by atoms with Crippen molar-refractivity contribution in [3.63, 3.8) is 0 Å². The lowest BCUT2D eigenvalue weighted by molar-refractivity contribution is -0.0794. The molecule has 0 amide bonds. The molecule has 0 atom stereocenters. The lowest BCUT2D eigenvalue weighted by Crippen LogP contribution is -2.44. The van der Waals surface area contributed by atoms with Gasteiger partial charge in [-0.15, -0.1) is 11.3 Å². The zero-order valence-corrected chi connectivity index (χ0v) is 12.7. The second-order valence-corrected chi connectivity index (χ2v) is 6.23. The number of alkyl halides is 4. The van der Waals surface area contributed by atoms with Gasteiger partial charge in [-0.25, -0.2) is 13.8 Å². The summed E-state index contributed by atoms with van der Waals surface area (Å²) in [6, 6.07) is -0.467. The summed E-state index contributed by atoms with van der Waals surface area (Å²) in [5.74, 6) is -5.87. The van der Waals surface area contributed by atoms with E-state index in [0.717, 1.165) is 18.3 Å². The minimum atomic E-state index is -3.07. The topological polar surface area (TPSA) is 89.6 Å². The van der Waals surface area contributed by atoms with E-state index in [4.69, 9.17) is 5.73 Å². The van der Waals surface area contributed by atoms with Gasteiger partial charge in [0.05, 0.1) is 0 Å². The fraction of sp³-hybridized carbons (Fsp3) is 0.500. The number of aromatic nitrogens is 4. The van der Waals surface area contributed by atoms with Gasteiger partial charge >= 0.3 is 0 Å². The number of hydrogen-bond acceptors (Lipinski definition) is 7. The summed E-state index contributed by atoms with van der Waals surface area (Å²) in [5.41, 5.74) is 5.68. The Hall–Kier alpha value is -2.04. The fourth-order valence-electron chi connectivity index (χ4n) is 2.10. The highest BCUT2D eigenvalue weighted by molar-refractivity contribution is 7.10. The van der Waals surface area contributed by atoms with Crippen molar-refractivity contribution in [2.24, 2.45) is 0 Å². The van der Waals surface area contributed by atoms with Crippen molar-refractivity contribution in [3.05, 3.63) is 10.4 Å². The van der Waals surface area contributed by atoms with Gasteiger partial charge in [0.2, 0.25) is 11.9 Å². The van der Waals surface area contributed by atoms with Gasteiger partial charge < -0.3 is 11.1 Å². The molecular formula is C12H12F4N6S. The molecule has 0 radical (unpaired) electrons. The summed E-state index contributed by atoms with van der Waals surface area (Å²) in [7, 11) is 0. The molecule has 0 saturated heterocycles. The van der Waals surface area contributed by atoms with Crippen molar-refractivity contribution in [2.75, 3.05) is 11.1 Å². The Labute approximate surface area is 132 Å². The predicted octanol–water partition coefficient (Wildman–Crippen LogP) is 2.90. The first kappa shape index (κ1) is 15.8. The first-order valence-electron chi connectivity index (χ1n) is 6.62. The average Bonchev–Trinajstić information content (AvgIpc) is 2.85. The monoisotopic (exact) mass is 348 g/mol. The van der Waals surface area contributed by atoms with Crippen LogP contribution in [-0.4, -0.2) is 31.9 Å². The van der Waals surface area contributed by atoms with Crippen molar-refractivity contribution < 1.29 is 17.6 Å².